The fourth-order valence-electron chi connectivity index (χ4n) is 2.35. The van der Waals surface area contributed by atoms with E-state index in [0.29, 0.717) is 12.1 Å². The molecule has 0 atom stereocenters. The van der Waals surface area contributed by atoms with E-state index < -0.39 is 0 Å². The molecule has 0 aliphatic rings. The van der Waals surface area contributed by atoms with Crippen LogP contribution >= 0.6 is 22.7 Å². The Morgan fingerprint density at radius 2 is 1.79 bits per heavy atom. The van der Waals surface area contributed by atoms with Crippen LogP contribution in [0.3, 0.4) is 0 Å². The summed E-state index contributed by atoms with van der Waals surface area (Å²) in [5, 5.41) is 7.05. The molecule has 3 nitrogen and oxygen atoms in total. The number of carbonyl (C=O) groups excluding carboxylic acids is 2. The first-order chi connectivity index (χ1) is 11.6. The number of ketones is 1. The van der Waals surface area contributed by atoms with E-state index in [9.17, 15) is 9.59 Å². The van der Waals surface area contributed by atoms with Crippen LogP contribution in [0.15, 0.2) is 53.2 Å². The molecule has 0 aliphatic heterocycles. The number of nitrogens with one attached hydrogen (secondary N) is 1. The monoisotopic (exact) mass is 355 g/mol. The van der Waals surface area contributed by atoms with Gasteiger partial charge in [-0.25, -0.2) is 0 Å². The van der Waals surface area contributed by atoms with Crippen molar-refractivity contribution in [3.8, 4) is 11.1 Å². The second kappa shape index (κ2) is 7.55. The number of rotatable bonds is 6. The maximum atomic E-state index is 12.2. The number of benzene rings is 1. The fraction of sp³-hybridized carbons (Fsp3) is 0.158. The number of thiophene rings is 2. The molecule has 0 aliphatic carbocycles. The third-order valence-electron chi connectivity index (χ3n) is 3.67. The van der Waals surface area contributed by atoms with Crippen LogP contribution in [0, 0.1) is 0 Å². The number of carbonyl (C=O) groups is 2. The highest BCUT2D eigenvalue weighted by Gasteiger charge is 2.07. The Morgan fingerprint density at radius 1 is 1.00 bits per heavy atom. The van der Waals surface area contributed by atoms with Gasteiger partial charge in [-0.2, -0.15) is 11.3 Å². The molecule has 3 aromatic rings. The molecule has 2 heterocycles. The van der Waals surface area contributed by atoms with Crippen LogP contribution in [0.1, 0.15) is 31.8 Å². The van der Waals surface area contributed by atoms with Crippen LogP contribution in [-0.2, 0) is 6.42 Å². The summed E-state index contributed by atoms with van der Waals surface area (Å²) in [6.45, 7) is 2.13. The van der Waals surface area contributed by atoms with Crippen molar-refractivity contribution in [2.75, 3.05) is 6.54 Å². The molecule has 5 heteroatoms. The molecule has 0 fully saturated rings. The van der Waals surface area contributed by atoms with Crippen LogP contribution in [0.25, 0.3) is 11.1 Å². The van der Waals surface area contributed by atoms with Gasteiger partial charge >= 0.3 is 0 Å². The van der Waals surface area contributed by atoms with Crippen molar-refractivity contribution in [2.24, 2.45) is 0 Å². The lowest BCUT2D eigenvalue weighted by Gasteiger charge is -2.05. The van der Waals surface area contributed by atoms with Crippen molar-refractivity contribution in [1.29, 1.82) is 0 Å². The van der Waals surface area contributed by atoms with E-state index in [1.165, 1.54) is 16.9 Å². The number of Topliss-reactive ketones (excluding diaryl/α,β-unsaturated/α-hetero) is 1. The summed E-state index contributed by atoms with van der Waals surface area (Å²) in [5.74, 6) is 0.0104. The largest absolute Gasteiger partial charge is 0.352 e. The van der Waals surface area contributed by atoms with Crippen molar-refractivity contribution >= 4 is 34.4 Å². The lowest BCUT2D eigenvalue weighted by atomic mass is 10.1. The third-order valence-corrected chi connectivity index (χ3v) is 5.60. The summed E-state index contributed by atoms with van der Waals surface area (Å²) < 4.78 is 0. The number of amides is 1. The van der Waals surface area contributed by atoms with E-state index in [-0.39, 0.29) is 11.7 Å². The molecule has 0 radical (unpaired) electrons. The first kappa shape index (κ1) is 16.6. The molecule has 0 saturated heterocycles. The highest BCUT2D eigenvalue weighted by atomic mass is 32.1. The van der Waals surface area contributed by atoms with Gasteiger partial charge in [0.1, 0.15) is 0 Å². The number of hydrogen-bond acceptors (Lipinski definition) is 4. The van der Waals surface area contributed by atoms with Crippen molar-refractivity contribution in [3.05, 3.63) is 68.5 Å². The van der Waals surface area contributed by atoms with Gasteiger partial charge in [0.2, 0.25) is 0 Å². The van der Waals surface area contributed by atoms with Crippen LogP contribution in [-0.4, -0.2) is 18.2 Å². The summed E-state index contributed by atoms with van der Waals surface area (Å²) in [5.41, 5.74) is 2.94. The molecular formula is C19H17NO2S2. The summed E-state index contributed by atoms with van der Waals surface area (Å²) in [7, 11) is 0. The molecule has 1 aromatic carbocycles. The Hall–Kier alpha value is -2.24. The first-order valence-electron chi connectivity index (χ1n) is 7.64. The smallest absolute Gasteiger partial charge is 0.251 e. The molecule has 0 spiro atoms. The Kier molecular flexibility index (Phi) is 5.23. The normalized spacial score (nSPS) is 10.5. The van der Waals surface area contributed by atoms with E-state index >= 15 is 0 Å². The van der Waals surface area contributed by atoms with Crippen molar-refractivity contribution in [3.63, 3.8) is 0 Å². The Balaban J connectivity index is 1.54. The lowest BCUT2D eigenvalue weighted by molar-refractivity contribution is 0.0953. The van der Waals surface area contributed by atoms with Crippen LogP contribution in [0.2, 0.25) is 0 Å². The minimum atomic E-state index is -0.0739. The molecule has 2 aromatic heterocycles. The van der Waals surface area contributed by atoms with Crippen LogP contribution < -0.4 is 5.32 Å². The number of hydrogen-bond donors (Lipinski definition) is 1. The molecule has 3 rings (SSSR count). The van der Waals surface area contributed by atoms with Gasteiger partial charge < -0.3 is 5.32 Å². The summed E-state index contributed by atoms with van der Waals surface area (Å²) >= 11 is 3.15. The maximum Gasteiger partial charge on any atom is 0.251 e. The van der Waals surface area contributed by atoms with E-state index in [4.69, 9.17) is 0 Å². The van der Waals surface area contributed by atoms with E-state index in [1.54, 1.807) is 18.3 Å². The molecule has 0 saturated carbocycles. The molecule has 1 amide bonds. The standard InChI is InChI=1S/C19H17NO2S2/c1-13(21)18-7-6-17(24-18)8-10-20-19(22)15-4-2-14(3-5-15)16-9-11-23-12-16/h2-7,9,11-12H,8,10H2,1H3,(H,20,22). The fourth-order valence-corrected chi connectivity index (χ4v) is 3.91. The zero-order chi connectivity index (χ0) is 16.9. The summed E-state index contributed by atoms with van der Waals surface area (Å²) in [4.78, 5) is 25.3. The topological polar surface area (TPSA) is 46.2 Å². The zero-order valence-electron chi connectivity index (χ0n) is 13.2. The predicted molar refractivity (Wildman–Crippen MR) is 100 cm³/mol. The van der Waals surface area contributed by atoms with Crippen molar-refractivity contribution in [1.82, 2.24) is 5.32 Å². The molecular weight excluding hydrogens is 338 g/mol. The van der Waals surface area contributed by atoms with Gasteiger partial charge in [0.15, 0.2) is 5.78 Å². The maximum absolute atomic E-state index is 12.2. The molecule has 0 unspecified atom stereocenters. The highest BCUT2D eigenvalue weighted by Crippen LogP contribution is 2.22. The van der Waals surface area contributed by atoms with Gasteiger partial charge in [0.05, 0.1) is 4.88 Å². The van der Waals surface area contributed by atoms with E-state index in [1.807, 2.05) is 41.8 Å². The van der Waals surface area contributed by atoms with Gasteiger partial charge in [0, 0.05) is 17.0 Å². The average molecular weight is 355 g/mol. The quantitative estimate of drug-likeness (QED) is 0.654. The lowest BCUT2D eigenvalue weighted by Crippen LogP contribution is -2.25. The predicted octanol–water partition coefficient (Wildman–Crippen LogP) is 4.65. The minimum absolute atomic E-state index is 0.0739. The summed E-state index contributed by atoms with van der Waals surface area (Å²) in [6.07, 6.45) is 0.733. The zero-order valence-corrected chi connectivity index (χ0v) is 14.9. The first-order valence-corrected chi connectivity index (χ1v) is 9.40. The Bertz CT molecular complexity index is 833. The van der Waals surface area contributed by atoms with Crippen molar-refractivity contribution < 1.29 is 9.59 Å². The second-order valence-electron chi connectivity index (χ2n) is 5.42. The summed E-state index contributed by atoms with van der Waals surface area (Å²) in [6, 6.07) is 13.5. The molecule has 122 valence electrons. The second-order valence-corrected chi connectivity index (χ2v) is 7.37. The molecule has 0 bridgehead atoms. The van der Waals surface area contributed by atoms with Gasteiger partial charge in [-0.1, -0.05) is 12.1 Å². The molecule has 1 N–H and O–H groups in total. The van der Waals surface area contributed by atoms with Crippen molar-refractivity contribution in [2.45, 2.75) is 13.3 Å². The van der Waals surface area contributed by atoms with Crippen LogP contribution in [0.4, 0.5) is 0 Å². The van der Waals surface area contributed by atoms with E-state index in [0.717, 1.165) is 21.7 Å². The van der Waals surface area contributed by atoms with Gasteiger partial charge in [0.25, 0.3) is 5.91 Å². The minimum Gasteiger partial charge on any atom is -0.352 e. The Morgan fingerprint density at radius 3 is 2.42 bits per heavy atom. The SMILES string of the molecule is CC(=O)c1ccc(CCNC(=O)c2ccc(-c3ccsc3)cc2)s1. The van der Waals surface area contributed by atoms with Gasteiger partial charge in [-0.3, -0.25) is 9.59 Å². The Labute approximate surface area is 149 Å². The van der Waals surface area contributed by atoms with E-state index in [2.05, 4.69) is 16.8 Å². The third kappa shape index (κ3) is 3.99. The van der Waals surface area contributed by atoms with Crippen LogP contribution in [0.5, 0.6) is 0 Å². The molecule has 24 heavy (non-hydrogen) atoms. The average Bonchev–Trinajstić information content (AvgIpc) is 3.27. The highest BCUT2D eigenvalue weighted by molar-refractivity contribution is 7.14. The van der Waals surface area contributed by atoms with Gasteiger partial charge in [-0.15, -0.1) is 11.3 Å². The van der Waals surface area contributed by atoms with Gasteiger partial charge in [-0.05, 0) is 65.6 Å².